The minimum atomic E-state index is -0.603. The number of primary amides is 1. The van der Waals surface area contributed by atoms with Crippen LogP contribution in [0.5, 0.6) is 0 Å². The summed E-state index contributed by atoms with van der Waals surface area (Å²) in [6.45, 7) is 0. The molecule has 1 aromatic heterocycles. The van der Waals surface area contributed by atoms with E-state index in [9.17, 15) is 4.79 Å². The van der Waals surface area contributed by atoms with Crippen LogP contribution in [0.1, 0.15) is 15.9 Å². The van der Waals surface area contributed by atoms with Crippen molar-refractivity contribution in [3.63, 3.8) is 0 Å². The summed E-state index contributed by atoms with van der Waals surface area (Å²) >= 11 is 0. The Bertz CT molecular complexity index is 673. The highest BCUT2D eigenvalue weighted by molar-refractivity contribution is 5.99. The van der Waals surface area contributed by atoms with Crippen LogP contribution in [-0.4, -0.2) is 10.9 Å². The van der Waals surface area contributed by atoms with E-state index in [4.69, 9.17) is 16.7 Å². The molecular weight excluding hydrogens is 254 g/mol. The molecule has 0 aliphatic carbocycles. The highest BCUT2D eigenvalue weighted by Crippen LogP contribution is 2.20. The number of benzene rings is 1. The van der Waals surface area contributed by atoms with Crippen LogP contribution in [0.25, 0.3) is 0 Å². The smallest absolute Gasteiger partial charge is 0.252 e. The van der Waals surface area contributed by atoms with Crippen molar-refractivity contribution in [2.75, 3.05) is 11.1 Å². The third kappa shape index (κ3) is 3.03. The van der Waals surface area contributed by atoms with Gasteiger partial charge in [0.25, 0.3) is 5.91 Å². The van der Waals surface area contributed by atoms with E-state index in [1.807, 2.05) is 12.1 Å². The van der Waals surface area contributed by atoms with Gasteiger partial charge in [-0.15, -0.1) is 0 Å². The molecule has 20 heavy (non-hydrogen) atoms. The van der Waals surface area contributed by atoms with Crippen molar-refractivity contribution in [2.45, 2.75) is 6.42 Å². The van der Waals surface area contributed by atoms with Crippen molar-refractivity contribution in [2.24, 2.45) is 5.73 Å². The normalized spacial score (nSPS) is 9.75. The van der Waals surface area contributed by atoms with E-state index >= 15 is 0 Å². The maximum atomic E-state index is 11.4. The fourth-order valence-corrected chi connectivity index (χ4v) is 1.70. The fraction of sp³-hybridized carbons (Fsp3) is 0.0714. The van der Waals surface area contributed by atoms with E-state index in [-0.39, 0.29) is 5.56 Å². The number of nitrogens with one attached hydrogen (secondary N) is 1. The minimum Gasteiger partial charge on any atom is -0.397 e. The van der Waals surface area contributed by atoms with Crippen molar-refractivity contribution in [3.8, 4) is 6.07 Å². The number of aromatic nitrogens is 1. The van der Waals surface area contributed by atoms with Gasteiger partial charge in [0.2, 0.25) is 0 Å². The van der Waals surface area contributed by atoms with Crippen LogP contribution in [0.15, 0.2) is 36.5 Å². The Kier molecular flexibility index (Phi) is 3.82. The summed E-state index contributed by atoms with van der Waals surface area (Å²) in [6, 6.07) is 10.8. The van der Waals surface area contributed by atoms with Gasteiger partial charge >= 0.3 is 0 Å². The molecule has 0 bridgehead atoms. The third-order valence-electron chi connectivity index (χ3n) is 2.67. The molecule has 6 nitrogen and oxygen atoms in total. The third-order valence-corrected chi connectivity index (χ3v) is 2.67. The van der Waals surface area contributed by atoms with Crippen molar-refractivity contribution in [1.82, 2.24) is 4.98 Å². The number of hydrogen-bond acceptors (Lipinski definition) is 5. The van der Waals surface area contributed by atoms with Crippen molar-refractivity contribution >= 4 is 23.1 Å². The van der Waals surface area contributed by atoms with Crippen LogP contribution >= 0.6 is 0 Å². The predicted molar refractivity (Wildman–Crippen MR) is 76.2 cm³/mol. The molecule has 0 atom stereocenters. The number of nitrogens with zero attached hydrogens (tertiary/aromatic N) is 2. The standard InChI is InChI=1S/C14H13N5O/c15-6-5-9-1-3-11(4-2-9)19-14-12(13(17)20)7-10(16)8-18-14/h1-4,7-8H,5,16H2,(H2,17,20)(H,18,19). The van der Waals surface area contributed by atoms with Crippen molar-refractivity contribution in [1.29, 1.82) is 5.26 Å². The second-order valence-electron chi connectivity index (χ2n) is 4.19. The molecule has 2 aromatic rings. The molecule has 1 heterocycles. The second kappa shape index (κ2) is 5.71. The number of anilines is 3. The first-order valence-corrected chi connectivity index (χ1v) is 5.88. The van der Waals surface area contributed by atoms with E-state index in [0.717, 1.165) is 11.3 Å². The van der Waals surface area contributed by atoms with E-state index in [0.29, 0.717) is 17.9 Å². The lowest BCUT2D eigenvalue weighted by molar-refractivity contribution is 0.100. The van der Waals surface area contributed by atoms with Crippen LogP contribution in [0.3, 0.4) is 0 Å². The van der Waals surface area contributed by atoms with Crippen LogP contribution < -0.4 is 16.8 Å². The lowest BCUT2D eigenvalue weighted by atomic mass is 10.1. The van der Waals surface area contributed by atoms with Crippen LogP contribution in [0.4, 0.5) is 17.2 Å². The molecule has 0 fully saturated rings. The van der Waals surface area contributed by atoms with Gasteiger partial charge < -0.3 is 16.8 Å². The highest BCUT2D eigenvalue weighted by atomic mass is 16.1. The van der Waals surface area contributed by atoms with Crippen molar-refractivity contribution < 1.29 is 4.79 Å². The Morgan fingerprint density at radius 3 is 2.65 bits per heavy atom. The highest BCUT2D eigenvalue weighted by Gasteiger charge is 2.10. The van der Waals surface area contributed by atoms with Gasteiger partial charge in [-0.1, -0.05) is 12.1 Å². The van der Waals surface area contributed by atoms with E-state index in [1.54, 1.807) is 12.1 Å². The van der Waals surface area contributed by atoms with Gasteiger partial charge in [0, 0.05) is 5.69 Å². The maximum Gasteiger partial charge on any atom is 0.252 e. The first-order chi connectivity index (χ1) is 9.60. The number of pyridine rings is 1. The second-order valence-corrected chi connectivity index (χ2v) is 4.19. The number of nitrogen functional groups attached to an aromatic ring is 1. The van der Waals surface area contributed by atoms with Gasteiger partial charge in [-0.25, -0.2) is 4.98 Å². The molecule has 0 aliphatic rings. The van der Waals surface area contributed by atoms with Gasteiger partial charge in [0.1, 0.15) is 5.82 Å². The molecule has 1 amide bonds. The lowest BCUT2D eigenvalue weighted by Gasteiger charge is -2.10. The minimum absolute atomic E-state index is 0.228. The van der Waals surface area contributed by atoms with Crippen LogP contribution in [-0.2, 0) is 6.42 Å². The largest absolute Gasteiger partial charge is 0.397 e. The Morgan fingerprint density at radius 1 is 1.35 bits per heavy atom. The molecule has 0 saturated carbocycles. The lowest BCUT2D eigenvalue weighted by Crippen LogP contribution is -2.14. The molecule has 0 unspecified atom stereocenters. The van der Waals surface area contributed by atoms with Gasteiger partial charge in [-0.05, 0) is 23.8 Å². The van der Waals surface area contributed by atoms with Gasteiger partial charge in [-0.2, -0.15) is 5.26 Å². The summed E-state index contributed by atoms with van der Waals surface area (Å²) in [5, 5.41) is 11.6. The molecule has 6 heteroatoms. The molecule has 0 radical (unpaired) electrons. The number of nitriles is 1. The number of rotatable bonds is 4. The number of carbonyl (C=O) groups is 1. The monoisotopic (exact) mass is 267 g/mol. The van der Waals surface area contributed by atoms with E-state index in [2.05, 4.69) is 16.4 Å². The Morgan fingerprint density at radius 2 is 2.05 bits per heavy atom. The Balaban J connectivity index is 2.26. The number of amides is 1. The SMILES string of the molecule is N#CCc1ccc(Nc2ncc(N)cc2C(N)=O)cc1. The first kappa shape index (κ1) is 13.4. The number of carbonyl (C=O) groups excluding carboxylic acids is 1. The number of hydrogen-bond donors (Lipinski definition) is 3. The summed E-state index contributed by atoms with van der Waals surface area (Å²) in [4.78, 5) is 15.4. The summed E-state index contributed by atoms with van der Waals surface area (Å²) in [6.07, 6.45) is 1.80. The summed E-state index contributed by atoms with van der Waals surface area (Å²) < 4.78 is 0. The Hall–Kier alpha value is -3.07. The average Bonchev–Trinajstić information content (AvgIpc) is 2.43. The van der Waals surface area contributed by atoms with Crippen LogP contribution in [0.2, 0.25) is 0 Å². The fourth-order valence-electron chi connectivity index (χ4n) is 1.70. The molecule has 2 rings (SSSR count). The van der Waals surface area contributed by atoms with E-state index in [1.165, 1.54) is 12.3 Å². The summed E-state index contributed by atoms with van der Waals surface area (Å²) in [7, 11) is 0. The first-order valence-electron chi connectivity index (χ1n) is 5.88. The topological polar surface area (TPSA) is 118 Å². The number of nitrogens with two attached hydrogens (primary N) is 2. The molecule has 0 spiro atoms. The average molecular weight is 267 g/mol. The molecule has 100 valence electrons. The molecule has 0 aliphatic heterocycles. The quantitative estimate of drug-likeness (QED) is 0.777. The zero-order valence-electron chi connectivity index (χ0n) is 10.6. The maximum absolute atomic E-state index is 11.4. The van der Waals surface area contributed by atoms with Gasteiger partial charge in [0.05, 0.1) is 29.9 Å². The molecular formula is C14H13N5O. The van der Waals surface area contributed by atoms with Crippen LogP contribution in [0, 0.1) is 11.3 Å². The summed E-state index contributed by atoms with van der Waals surface area (Å²) in [5.41, 5.74) is 13.1. The van der Waals surface area contributed by atoms with Gasteiger partial charge in [-0.3, -0.25) is 4.79 Å². The molecule has 1 aromatic carbocycles. The molecule has 0 saturated heterocycles. The predicted octanol–water partition coefficient (Wildman–Crippen LogP) is 1.57. The zero-order valence-corrected chi connectivity index (χ0v) is 10.6. The van der Waals surface area contributed by atoms with Gasteiger partial charge in [0.15, 0.2) is 0 Å². The zero-order chi connectivity index (χ0) is 14.5. The van der Waals surface area contributed by atoms with Crippen molar-refractivity contribution in [3.05, 3.63) is 47.7 Å². The van der Waals surface area contributed by atoms with E-state index < -0.39 is 5.91 Å². The summed E-state index contributed by atoms with van der Waals surface area (Å²) in [5.74, 6) is -0.256. The molecule has 5 N–H and O–H groups in total. The Labute approximate surface area is 116 Å².